The second-order valence-electron chi connectivity index (χ2n) is 7.33. The van der Waals surface area contributed by atoms with Gasteiger partial charge in [-0.2, -0.15) is 26.3 Å². The molecule has 2 rings (SSSR count). The molecule has 1 unspecified atom stereocenters. The van der Waals surface area contributed by atoms with E-state index in [1.807, 2.05) is 0 Å². The number of halogens is 6. The van der Waals surface area contributed by atoms with Gasteiger partial charge in [0.1, 0.15) is 11.6 Å². The fraction of sp³-hybridized carbons (Fsp3) is 0.444. The number of esters is 1. The van der Waals surface area contributed by atoms with E-state index in [1.54, 1.807) is 5.32 Å². The van der Waals surface area contributed by atoms with Crippen LogP contribution in [0.15, 0.2) is 24.4 Å². The van der Waals surface area contributed by atoms with Crippen molar-refractivity contribution in [1.82, 2.24) is 10.3 Å². The van der Waals surface area contributed by atoms with Crippen LogP contribution in [-0.2, 0) is 26.9 Å². The molecule has 2 aromatic rings. The second kappa shape index (κ2) is 7.60. The van der Waals surface area contributed by atoms with Crippen LogP contribution in [0.1, 0.15) is 31.9 Å². The van der Waals surface area contributed by atoms with Gasteiger partial charge < -0.3 is 15.0 Å². The molecule has 0 radical (unpaired) electrons. The number of carbonyl (C=O) groups is 2. The second-order valence-corrected chi connectivity index (χ2v) is 7.33. The molecule has 0 saturated heterocycles. The van der Waals surface area contributed by atoms with Gasteiger partial charge in [0.2, 0.25) is 0 Å². The zero-order chi connectivity index (χ0) is 22.2. The molecule has 0 saturated carbocycles. The zero-order valence-corrected chi connectivity index (χ0v) is 15.6. The number of ether oxygens (including phenoxy) is 1. The van der Waals surface area contributed by atoms with E-state index in [9.17, 15) is 35.9 Å². The Kier molecular flexibility index (Phi) is 5.91. The van der Waals surface area contributed by atoms with Crippen molar-refractivity contribution in [3.8, 4) is 0 Å². The Morgan fingerprint density at radius 1 is 1.10 bits per heavy atom. The highest BCUT2D eigenvalue weighted by molar-refractivity contribution is 5.89. The van der Waals surface area contributed by atoms with Gasteiger partial charge >= 0.3 is 24.2 Å². The summed E-state index contributed by atoms with van der Waals surface area (Å²) in [5.41, 5.74) is -1.61. The first-order chi connectivity index (χ1) is 13.1. The number of amides is 1. The van der Waals surface area contributed by atoms with Gasteiger partial charge in [-0.1, -0.05) is 0 Å². The maximum absolute atomic E-state index is 13.0. The Hall–Kier alpha value is -2.72. The number of benzene rings is 1. The lowest BCUT2D eigenvalue weighted by Gasteiger charge is -2.24. The van der Waals surface area contributed by atoms with E-state index >= 15 is 0 Å². The Balaban J connectivity index is 2.39. The van der Waals surface area contributed by atoms with Gasteiger partial charge in [-0.05, 0) is 44.5 Å². The Labute approximate surface area is 161 Å². The minimum atomic E-state index is -5.25. The van der Waals surface area contributed by atoms with Gasteiger partial charge in [0.25, 0.3) is 0 Å². The summed E-state index contributed by atoms with van der Waals surface area (Å²) in [6.07, 6.45) is -9.11. The van der Waals surface area contributed by atoms with Crippen molar-refractivity contribution in [1.29, 1.82) is 0 Å². The van der Waals surface area contributed by atoms with Crippen molar-refractivity contribution in [3.05, 3.63) is 35.5 Å². The van der Waals surface area contributed by atoms with Crippen LogP contribution in [-0.4, -0.2) is 34.7 Å². The van der Waals surface area contributed by atoms with E-state index in [0.29, 0.717) is 0 Å². The van der Waals surface area contributed by atoms with Crippen molar-refractivity contribution in [2.45, 2.75) is 51.2 Å². The molecule has 1 aromatic carbocycles. The molecule has 2 N–H and O–H groups in total. The highest BCUT2D eigenvalue weighted by atomic mass is 19.4. The Bertz CT molecular complexity index is 909. The van der Waals surface area contributed by atoms with E-state index in [1.165, 1.54) is 33.0 Å². The highest BCUT2D eigenvalue weighted by Gasteiger charge is 2.41. The molecular weight excluding hydrogens is 406 g/mol. The fourth-order valence-corrected chi connectivity index (χ4v) is 2.55. The zero-order valence-electron chi connectivity index (χ0n) is 15.6. The molecule has 5 nitrogen and oxygen atoms in total. The SMILES string of the molecule is CC(C)(C)OC(=O)C(Cc1c[nH]c2ccc(C(F)(F)F)cc12)NC(=O)C(F)(F)F. The van der Waals surface area contributed by atoms with Crippen LogP contribution in [0.5, 0.6) is 0 Å². The number of H-pyrrole nitrogens is 1. The topological polar surface area (TPSA) is 71.2 Å². The van der Waals surface area contributed by atoms with Crippen molar-refractivity contribution < 1.29 is 40.7 Å². The molecule has 29 heavy (non-hydrogen) atoms. The van der Waals surface area contributed by atoms with Crippen LogP contribution in [0, 0.1) is 0 Å². The van der Waals surface area contributed by atoms with Crippen LogP contribution in [0.2, 0.25) is 0 Å². The molecule has 0 aliphatic carbocycles. The van der Waals surface area contributed by atoms with Crippen molar-refractivity contribution >= 4 is 22.8 Å². The smallest absolute Gasteiger partial charge is 0.458 e. The van der Waals surface area contributed by atoms with Gasteiger partial charge in [0.05, 0.1) is 5.56 Å². The third-order valence-corrected chi connectivity index (χ3v) is 3.77. The van der Waals surface area contributed by atoms with Crippen molar-refractivity contribution in [2.24, 2.45) is 0 Å². The van der Waals surface area contributed by atoms with Gasteiger partial charge in [-0.15, -0.1) is 0 Å². The number of alkyl halides is 6. The minimum absolute atomic E-state index is 0.0645. The molecule has 160 valence electrons. The number of hydrogen-bond acceptors (Lipinski definition) is 3. The first kappa shape index (κ1) is 22.6. The van der Waals surface area contributed by atoms with Crippen LogP contribution >= 0.6 is 0 Å². The number of nitrogens with one attached hydrogen (secondary N) is 2. The summed E-state index contributed by atoms with van der Waals surface area (Å²) in [5.74, 6) is -3.50. The number of fused-ring (bicyclic) bond motifs is 1. The normalized spacial score (nSPS) is 14.0. The quantitative estimate of drug-likeness (QED) is 0.573. The standard InChI is InChI=1S/C18H18F6N2O3/c1-16(2,3)29-14(27)13(26-15(28)18(22,23)24)6-9-8-25-12-5-4-10(7-11(9)12)17(19,20)21/h4-5,7-8,13,25H,6H2,1-3H3,(H,26,28). The van der Waals surface area contributed by atoms with E-state index < -0.39 is 47.9 Å². The maximum atomic E-state index is 13.0. The lowest BCUT2D eigenvalue weighted by Crippen LogP contribution is -2.49. The average Bonchev–Trinajstić information content (AvgIpc) is 2.93. The highest BCUT2D eigenvalue weighted by Crippen LogP contribution is 2.32. The lowest BCUT2D eigenvalue weighted by atomic mass is 10.0. The van der Waals surface area contributed by atoms with E-state index in [4.69, 9.17) is 4.74 Å². The molecule has 0 spiro atoms. The molecule has 0 fully saturated rings. The van der Waals surface area contributed by atoms with E-state index in [-0.39, 0.29) is 16.5 Å². The first-order valence-electron chi connectivity index (χ1n) is 8.35. The molecule has 1 atom stereocenters. The largest absolute Gasteiger partial charge is 0.471 e. The molecule has 1 aromatic heterocycles. The first-order valence-corrected chi connectivity index (χ1v) is 8.35. The number of rotatable bonds is 4. The minimum Gasteiger partial charge on any atom is -0.458 e. The summed E-state index contributed by atoms with van der Waals surface area (Å²) in [6, 6.07) is 1.08. The van der Waals surface area contributed by atoms with Crippen molar-refractivity contribution in [2.75, 3.05) is 0 Å². The fourth-order valence-electron chi connectivity index (χ4n) is 2.55. The number of hydrogen-bond donors (Lipinski definition) is 2. The van der Waals surface area contributed by atoms with E-state index in [0.717, 1.165) is 12.1 Å². The summed E-state index contributed by atoms with van der Waals surface area (Å²) in [4.78, 5) is 26.3. The van der Waals surface area contributed by atoms with Gasteiger partial charge in [-0.3, -0.25) is 4.79 Å². The van der Waals surface area contributed by atoms with Gasteiger partial charge in [0.15, 0.2) is 0 Å². The van der Waals surface area contributed by atoms with Crippen LogP contribution in [0.3, 0.4) is 0 Å². The monoisotopic (exact) mass is 424 g/mol. The Morgan fingerprint density at radius 3 is 2.24 bits per heavy atom. The molecular formula is C18H18F6N2O3. The molecule has 0 aliphatic rings. The number of aromatic nitrogens is 1. The average molecular weight is 424 g/mol. The third-order valence-electron chi connectivity index (χ3n) is 3.77. The van der Waals surface area contributed by atoms with Gasteiger partial charge in [0, 0.05) is 23.5 Å². The summed E-state index contributed by atoms with van der Waals surface area (Å²) in [5, 5.41) is 1.62. The summed E-state index contributed by atoms with van der Waals surface area (Å²) >= 11 is 0. The number of carbonyl (C=O) groups excluding carboxylic acids is 2. The summed E-state index contributed by atoms with van der Waals surface area (Å²) in [7, 11) is 0. The molecule has 0 bridgehead atoms. The lowest BCUT2D eigenvalue weighted by molar-refractivity contribution is -0.177. The molecule has 1 heterocycles. The Morgan fingerprint density at radius 2 is 1.72 bits per heavy atom. The predicted octanol–water partition coefficient (Wildman–Crippen LogP) is 4.12. The molecule has 1 amide bonds. The third kappa shape index (κ3) is 5.88. The van der Waals surface area contributed by atoms with Crippen LogP contribution < -0.4 is 5.32 Å². The summed E-state index contributed by atoms with van der Waals surface area (Å²) < 4.78 is 81.8. The van der Waals surface area contributed by atoms with Crippen LogP contribution in [0.25, 0.3) is 10.9 Å². The predicted molar refractivity (Wildman–Crippen MR) is 90.8 cm³/mol. The molecule has 0 aliphatic heterocycles. The molecule has 11 heteroatoms. The van der Waals surface area contributed by atoms with Crippen molar-refractivity contribution in [3.63, 3.8) is 0 Å². The summed E-state index contributed by atoms with van der Waals surface area (Å²) in [6.45, 7) is 4.44. The number of aromatic amines is 1. The van der Waals surface area contributed by atoms with Gasteiger partial charge in [-0.25, -0.2) is 4.79 Å². The van der Waals surface area contributed by atoms with Crippen LogP contribution in [0.4, 0.5) is 26.3 Å². The van der Waals surface area contributed by atoms with E-state index in [2.05, 4.69) is 4.98 Å². The maximum Gasteiger partial charge on any atom is 0.471 e.